The first-order chi connectivity index (χ1) is 9.03. The van der Waals surface area contributed by atoms with Gasteiger partial charge in [-0.3, -0.25) is 4.79 Å². The lowest BCUT2D eigenvalue weighted by Crippen LogP contribution is -2.58. The van der Waals surface area contributed by atoms with E-state index in [4.69, 9.17) is 0 Å². The molecule has 0 aromatic rings. The fourth-order valence-corrected chi connectivity index (χ4v) is 3.06. The Morgan fingerprint density at radius 2 is 1.95 bits per heavy atom. The van der Waals surface area contributed by atoms with Crippen LogP contribution in [0.25, 0.3) is 0 Å². The molecule has 1 atom stereocenters. The summed E-state index contributed by atoms with van der Waals surface area (Å²) >= 11 is 0. The topological polar surface area (TPSA) is 78.4 Å². The predicted molar refractivity (Wildman–Crippen MR) is 71.7 cm³/mol. The number of carboxylic acid groups (broad SMARTS) is 1. The molecule has 1 saturated carbocycles. The summed E-state index contributed by atoms with van der Waals surface area (Å²) in [5.74, 6) is -0.495. The van der Waals surface area contributed by atoms with E-state index in [-0.39, 0.29) is 11.8 Å². The first-order valence-corrected chi connectivity index (χ1v) is 7.30. The molecular formula is C14H24N2O3. The molecule has 2 rings (SSSR count). The van der Waals surface area contributed by atoms with Crippen LogP contribution in [0, 0.1) is 11.8 Å². The van der Waals surface area contributed by atoms with Crippen molar-refractivity contribution in [1.82, 2.24) is 10.6 Å². The lowest BCUT2D eigenvalue weighted by molar-refractivity contribution is -0.150. The maximum atomic E-state index is 12.2. The number of carbonyl (C=O) groups excluding carboxylic acids is 1. The number of nitrogens with one attached hydrogen (secondary N) is 2. The zero-order valence-electron chi connectivity index (χ0n) is 11.6. The summed E-state index contributed by atoms with van der Waals surface area (Å²) in [6.45, 7) is 3.75. The Morgan fingerprint density at radius 3 is 2.47 bits per heavy atom. The van der Waals surface area contributed by atoms with Crippen molar-refractivity contribution in [3.05, 3.63) is 0 Å². The standard InChI is InChI=1S/C14H24N2O3/c1-10-4-6-14(7-5-10,13(18)19)16-12(17)11-3-2-8-15-9-11/h10-11,15H,2-9H2,1H3,(H,16,17)(H,18,19). The minimum atomic E-state index is -1.03. The van der Waals surface area contributed by atoms with Gasteiger partial charge in [-0.15, -0.1) is 0 Å². The Bertz CT molecular complexity index is 343. The van der Waals surface area contributed by atoms with Crippen molar-refractivity contribution in [2.75, 3.05) is 13.1 Å². The van der Waals surface area contributed by atoms with Crippen LogP contribution in [0.1, 0.15) is 45.4 Å². The molecule has 108 valence electrons. The summed E-state index contributed by atoms with van der Waals surface area (Å²) in [6.07, 6.45) is 4.68. The van der Waals surface area contributed by atoms with E-state index in [9.17, 15) is 14.7 Å². The fraction of sp³-hybridized carbons (Fsp3) is 0.857. The second-order valence-electron chi connectivity index (χ2n) is 6.10. The molecule has 0 aromatic carbocycles. The molecule has 5 nitrogen and oxygen atoms in total. The highest BCUT2D eigenvalue weighted by Gasteiger charge is 2.43. The summed E-state index contributed by atoms with van der Waals surface area (Å²) in [7, 11) is 0. The minimum absolute atomic E-state index is 0.0793. The van der Waals surface area contributed by atoms with Crippen molar-refractivity contribution in [1.29, 1.82) is 0 Å². The quantitative estimate of drug-likeness (QED) is 0.717. The largest absolute Gasteiger partial charge is 0.480 e. The fourth-order valence-electron chi connectivity index (χ4n) is 3.06. The van der Waals surface area contributed by atoms with Crippen LogP contribution >= 0.6 is 0 Å². The van der Waals surface area contributed by atoms with Crippen LogP contribution in [0.15, 0.2) is 0 Å². The zero-order chi connectivity index (χ0) is 13.9. The molecule has 0 radical (unpaired) electrons. The molecule has 19 heavy (non-hydrogen) atoms. The van der Waals surface area contributed by atoms with Crippen LogP contribution in [0.4, 0.5) is 0 Å². The van der Waals surface area contributed by atoms with Gasteiger partial charge >= 0.3 is 5.97 Å². The Labute approximate surface area is 114 Å². The van der Waals surface area contributed by atoms with E-state index in [0.29, 0.717) is 25.3 Å². The van der Waals surface area contributed by atoms with Gasteiger partial charge in [0.1, 0.15) is 5.54 Å². The van der Waals surface area contributed by atoms with Crippen molar-refractivity contribution in [3.8, 4) is 0 Å². The second-order valence-corrected chi connectivity index (χ2v) is 6.10. The van der Waals surface area contributed by atoms with Gasteiger partial charge in [0.2, 0.25) is 5.91 Å². The lowest BCUT2D eigenvalue weighted by atomic mass is 9.76. The van der Waals surface area contributed by atoms with Gasteiger partial charge in [0, 0.05) is 6.54 Å². The van der Waals surface area contributed by atoms with Gasteiger partial charge in [0.15, 0.2) is 0 Å². The van der Waals surface area contributed by atoms with E-state index in [1.54, 1.807) is 0 Å². The third-order valence-corrected chi connectivity index (χ3v) is 4.57. The van der Waals surface area contributed by atoms with E-state index in [1.807, 2.05) is 0 Å². The van der Waals surface area contributed by atoms with Gasteiger partial charge in [0.25, 0.3) is 0 Å². The smallest absolute Gasteiger partial charge is 0.329 e. The van der Waals surface area contributed by atoms with Crippen molar-refractivity contribution in [2.45, 2.75) is 51.0 Å². The molecule has 1 heterocycles. The van der Waals surface area contributed by atoms with Gasteiger partial charge in [-0.1, -0.05) is 6.92 Å². The zero-order valence-corrected chi connectivity index (χ0v) is 11.6. The van der Waals surface area contributed by atoms with Crippen LogP contribution in [-0.4, -0.2) is 35.6 Å². The van der Waals surface area contributed by atoms with Crippen LogP contribution in [0.3, 0.4) is 0 Å². The first kappa shape index (κ1) is 14.3. The number of carbonyl (C=O) groups is 2. The molecule has 2 aliphatic rings. The van der Waals surface area contributed by atoms with E-state index in [2.05, 4.69) is 17.6 Å². The summed E-state index contributed by atoms with van der Waals surface area (Å²) in [6, 6.07) is 0. The Kier molecular flexibility index (Phi) is 4.45. The summed E-state index contributed by atoms with van der Waals surface area (Å²) in [5, 5.41) is 15.5. The third kappa shape index (κ3) is 3.26. The average Bonchev–Trinajstić information content (AvgIpc) is 2.42. The number of hydrogen-bond acceptors (Lipinski definition) is 3. The molecule has 1 unspecified atom stereocenters. The average molecular weight is 268 g/mol. The molecule has 0 aromatic heterocycles. The lowest BCUT2D eigenvalue weighted by Gasteiger charge is -2.37. The number of carboxylic acids is 1. The highest BCUT2D eigenvalue weighted by atomic mass is 16.4. The van der Waals surface area contributed by atoms with Gasteiger partial charge < -0.3 is 15.7 Å². The molecule has 0 bridgehead atoms. The maximum absolute atomic E-state index is 12.2. The SMILES string of the molecule is CC1CCC(NC(=O)C2CCCNC2)(C(=O)O)CC1. The van der Waals surface area contributed by atoms with Gasteiger partial charge in [-0.2, -0.15) is 0 Å². The summed E-state index contributed by atoms with van der Waals surface area (Å²) in [4.78, 5) is 23.8. The molecular weight excluding hydrogens is 244 g/mol. The molecule has 1 saturated heterocycles. The third-order valence-electron chi connectivity index (χ3n) is 4.57. The number of piperidine rings is 1. The summed E-state index contributed by atoms with van der Waals surface area (Å²) < 4.78 is 0. The molecule has 1 aliphatic heterocycles. The summed E-state index contributed by atoms with van der Waals surface area (Å²) in [5.41, 5.74) is -1.03. The number of aliphatic carboxylic acids is 1. The minimum Gasteiger partial charge on any atom is -0.480 e. The van der Waals surface area contributed by atoms with Crippen molar-refractivity contribution >= 4 is 11.9 Å². The van der Waals surface area contributed by atoms with Crippen LogP contribution < -0.4 is 10.6 Å². The Morgan fingerprint density at radius 1 is 1.26 bits per heavy atom. The van der Waals surface area contributed by atoms with Crippen molar-refractivity contribution < 1.29 is 14.7 Å². The van der Waals surface area contributed by atoms with E-state index in [1.165, 1.54) is 0 Å². The number of hydrogen-bond donors (Lipinski definition) is 3. The predicted octanol–water partition coefficient (Wildman–Crippen LogP) is 1.14. The van der Waals surface area contributed by atoms with Gasteiger partial charge in [0.05, 0.1) is 5.92 Å². The van der Waals surface area contributed by atoms with Crippen LogP contribution in [0.5, 0.6) is 0 Å². The van der Waals surface area contributed by atoms with Crippen LogP contribution in [0.2, 0.25) is 0 Å². The number of rotatable bonds is 3. The Balaban J connectivity index is 2.00. The number of amides is 1. The normalized spacial score (nSPS) is 35.6. The monoisotopic (exact) mass is 268 g/mol. The van der Waals surface area contributed by atoms with E-state index in [0.717, 1.165) is 32.2 Å². The molecule has 2 fully saturated rings. The van der Waals surface area contributed by atoms with Crippen LogP contribution in [-0.2, 0) is 9.59 Å². The van der Waals surface area contributed by atoms with E-state index >= 15 is 0 Å². The second kappa shape index (κ2) is 5.90. The molecule has 5 heteroatoms. The van der Waals surface area contributed by atoms with Gasteiger partial charge in [-0.25, -0.2) is 4.79 Å². The van der Waals surface area contributed by atoms with Crippen molar-refractivity contribution in [2.24, 2.45) is 11.8 Å². The van der Waals surface area contributed by atoms with Crippen molar-refractivity contribution in [3.63, 3.8) is 0 Å². The highest BCUT2D eigenvalue weighted by molar-refractivity contribution is 5.88. The molecule has 0 spiro atoms. The van der Waals surface area contributed by atoms with Gasteiger partial charge in [-0.05, 0) is 51.0 Å². The first-order valence-electron chi connectivity index (χ1n) is 7.30. The molecule has 3 N–H and O–H groups in total. The molecule has 1 aliphatic carbocycles. The Hall–Kier alpha value is -1.10. The van der Waals surface area contributed by atoms with E-state index < -0.39 is 11.5 Å². The molecule has 1 amide bonds. The maximum Gasteiger partial charge on any atom is 0.329 e. The highest BCUT2D eigenvalue weighted by Crippen LogP contribution is 2.32.